The first-order valence-corrected chi connectivity index (χ1v) is 7.67. The fraction of sp³-hybridized carbons (Fsp3) is 0.333. The second-order valence-electron chi connectivity index (χ2n) is 5.48. The highest BCUT2D eigenvalue weighted by atomic mass is 16.5. The molecule has 5 heteroatoms. The van der Waals surface area contributed by atoms with Gasteiger partial charge in [-0.1, -0.05) is 17.7 Å². The van der Waals surface area contributed by atoms with Gasteiger partial charge in [-0.25, -0.2) is 4.98 Å². The lowest BCUT2D eigenvalue weighted by Crippen LogP contribution is -2.25. The molecule has 0 saturated carbocycles. The molecule has 0 aliphatic carbocycles. The molecule has 2 rings (SSSR count). The summed E-state index contributed by atoms with van der Waals surface area (Å²) in [6, 6.07) is 9.78. The summed E-state index contributed by atoms with van der Waals surface area (Å²) >= 11 is 0. The van der Waals surface area contributed by atoms with Crippen molar-refractivity contribution in [2.24, 2.45) is 0 Å². The van der Waals surface area contributed by atoms with Crippen molar-refractivity contribution in [3.63, 3.8) is 0 Å². The number of amides is 1. The van der Waals surface area contributed by atoms with Crippen LogP contribution in [0.15, 0.2) is 36.5 Å². The molecule has 2 N–H and O–H groups in total. The van der Waals surface area contributed by atoms with Gasteiger partial charge < -0.3 is 15.4 Å². The monoisotopic (exact) mass is 313 g/mol. The fourth-order valence-corrected chi connectivity index (χ4v) is 2.21. The van der Waals surface area contributed by atoms with E-state index in [1.807, 2.05) is 12.1 Å². The first kappa shape index (κ1) is 17.0. The van der Waals surface area contributed by atoms with Crippen LogP contribution >= 0.6 is 0 Å². The van der Waals surface area contributed by atoms with E-state index >= 15 is 0 Å². The minimum absolute atomic E-state index is 0.119. The van der Waals surface area contributed by atoms with Crippen molar-refractivity contribution < 1.29 is 9.53 Å². The number of carbonyl (C=O) groups is 1. The first-order chi connectivity index (χ1) is 11.1. The summed E-state index contributed by atoms with van der Waals surface area (Å²) in [5, 5.41) is 6.11. The van der Waals surface area contributed by atoms with Crippen LogP contribution < -0.4 is 10.6 Å². The normalized spacial score (nSPS) is 10.4. The number of hydrogen-bond donors (Lipinski definition) is 2. The molecule has 1 amide bonds. The molecule has 0 fully saturated rings. The molecule has 0 saturated heterocycles. The van der Waals surface area contributed by atoms with Gasteiger partial charge in [0.25, 0.3) is 5.91 Å². The van der Waals surface area contributed by atoms with E-state index in [-0.39, 0.29) is 5.91 Å². The zero-order chi connectivity index (χ0) is 16.7. The molecule has 0 radical (unpaired) electrons. The number of hydrogen-bond acceptors (Lipinski definition) is 4. The molecular formula is C18H23N3O2. The van der Waals surface area contributed by atoms with Gasteiger partial charge in [-0.15, -0.1) is 0 Å². The maximum atomic E-state index is 12.0. The Morgan fingerprint density at radius 3 is 2.70 bits per heavy atom. The average Bonchev–Trinajstić information content (AvgIpc) is 2.55. The summed E-state index contributed by atoms with van der Waals surface area (Å²) < 4.78 is 4.95. The van der Waals surface area contributed by atoms with Crippen molar-refractivity contribution in [2.45, 2.75) is 20.3 Å². The minimum Gasteiger partial charge on any atom is -0.385 e. The maximum absolute atomic E-state index is 12.0. The van der Waals surface area contributed by atoms with Crippen molar-refractivity contribution in [2.75, 3.05) is 25.6 Å². The quantitative estimate of drug-likeness (QED) is 0.771. The Labute approximate surface area is 137 Å². The second-order valence-corrected chi connectivity index (χ2v) is 5.48. The Bertz CT molecular complexity index is 654. The highest BCUT2D eigenvalue weighted by molar-refractivity contribution is 5.94. The number of pyridine rings is 1. The third kappa shape index (κ3) is 5.07. The first-order valence-electron chi connectivity index (χ1n) is 7.67. The van der Waals surface area contributed by atoms with Gasteiger partial charge in [-0.05, 0) is 44.0 Å². The molecule has 23 heavy (non-hydrogen) atoms. The van der Waals surface area contributed by atoms with Gasteiger partial charge in [-0.2, -0.15) is 0 Å². The molecule has 122 valence electrons. The van der Waals surface area contributed by atoms with Crippen LogP contribution in [-0.4, -0.2) is 31.2 Å². The van der Waals surface area contributed by atoms with Crippen molar-refractivity contribution >= 4 is 17.4 Å². The van der Waals surface area contributed by atoms with E-state index in [1.165, 1.54) is 5.56 Å². The van der Waals surface area contributed by atoms with Gasteiger partial charge in [0.1, 0.15) is 5.82 Å². The van der Waals surface area contributed by atoms with E-state index in [4.69, 9.17) is 4.74 Å². The Kier molecular flexibility index (Phi) is 6.11. The van der Waals surface area contributed by atoms with Crippen molar-refractivity contribution in [3.05, 3.63) is 53.2 Å². The number of rotatable bonds is 7. The van der Waals surface area contributed by atoms with Crippen LogP contribution in [0.2, 0.25) is 0 Å². The molecule has 5 nitrogen and oxygen atoms in total. The zero-order valence-corrected chi connectivity index (χ0v) is 13.8. The molecule has 0 bridgehead atoms. The lowest BCUT2D eigenvalue weighted by Gasteiger charge is -2.10. The van der Waals surface area contributed by atoms with Gasteiger partial charge in [0.05, 0.1) is 5.56 Å². The average molecular weight is 313 g/mol. The fourth-order valence-electron chi connectivity index (χ4n) is 2.21. The Morgan fingerprint density at radius 2 is 2.04 bits per heavy atom. The van der Waals surface area contributed by atoms with Gasteiger partial charge in [0.15, 0.2) is 0 Å². The van der Waals surface area contributed by atoms with Crippen LogP contribution in [-0.2, 0) is 4.74 Å². The van der Waals surface area contributed by atoms with E-state index in [0.717, 1.165) is 17.7 Å². The Balaban J connectivity index is 1.95. The number of anilines is 2. The van der Waals surface area contributed by atoms with Crippen LogP contribution in [0.25, 0.3) is 0 Å². The largest absolute Gasteiger partial charge is 0.385 e. The number of aromatic nitrogens is 1. The van der Waals surface area contributed by atoms with Crippen LogP contribution in [0.3, 0.4) is 0 Å². The molecule has 2 aromatic rings. The van der Waals surface area contributed by atoms with Gasteiger partial charge in [-0.3, -0.25) is 4.79 Å². The summed E-state index contributed by atoms with van der Waals surface area (Å²) in [6.07, 6.45) is 2.37. The predicted molar refractivity (Wildman–Crippen MR) is 92.3 cm³/mol. The molecule has 1 aromatic heterocycles. The molecule has 1 aromatic carbocycles. The SMILES string of the molecule is COCCCNC(=O)c1ccc(Nc2ccc(C)cc2C)nc1. The number of ether oxygens (including phenoxy) is 1. The van der Waals surface area contributed by atoms with Gasteiger partial charge in [0, 0.05) is 32.1 Å². The number of carbonyl (C=O) groups excluding carboxylic acids is 1. The third-order valence-corrected chi connectivity index (χ3v) is 3.48. The van der Waals surface area contributed by atoms with Crippen LogP contribution in [0.5, 0.6) is 0 Å². The van der Waals surface area contributed by atoms with Crippen LogP contribution in [0, 0.1) is 13.8 Å². The topological polar surface area (TPSA) is 63.2 Å². The van der Waals surface area contributed by atoms with E-state index in [1.54, 1.807) is 19.4 Å². The molecule has 0 spiro atoms. The summed E-state index contributed by atoms with van der Waals surface area (Å²) in [5.74, 6) is 0.597. The standard InChI is InChI=1S/C18H23N3O2/c1-13-5-7-16(14(2)11-13)21-17-8-6-15(12-20-17)18(22)19-9-4-10-23-3/h5-8,11-12H,4,9-10H2,1-3H3,(H,19,22)(H,20,21). The van der Waals surface area contributed by atoms with Crippen molar-refractivity contribution in [1.82, 2.24) is 10.3 Å². The van der Waals surface area contributed by atoms with E-state index in [9.17, 15) is 4.79 Å². The van der Waals surface area contributed by atoms with E-state index in [2.05, 4.69) is 41.6 Å². The molecule has 0 aliphatic rings. The maximum Gasteiger partial charge on any atom is 0.252 e. The molecule has 0 atom stereocenters. The summed E-state index contributed by atoms with van der Waals surface area (Å²) in [6.45, 7) is 5.35. The lowest BCUT2D eigenvalue weighted by molar-refractivity contribution is 0.0948. The highest BCUT2D eigenvalue weighted by Crippen LogP contribution is 2.20. The van der Waals surface area contributed by atoms with Gasteiger partial charge in [0.2, 0.25) is 0 Å². The highest BCUT2D eigenvalue weighted by Gasteiger charge is 2.06. The molecule has 0 unspecified atom stereocenters. The second kappa shape index (κ2) is 8.29. The van der Waals surface area contributed by atoms with Crippen LogP contribution in [0.4, 0.5) is 11.5 Å². The lowest BCUT2D eigenvalue weighted by atomic mass is 10.1. The minimum atomic E-state index is -0.119. The third-order valence-electron chi connectivity index (χ3n) is 3.48. The summed E-state index contributed by atoms with van der Waals surface area (Å²) in [4.78, 5) is 16.3. The van der Waals surface area contributed by atoms with E-state index < -0.39 is 0 Å². The molecule has 1 heterocycles. The predicted octanol–water partition coefficient (Wildman–Crippen LogP) is 3.21. The number of nitrogens with one attached hydrogen (secondary N) is 2. The number of aryl methyl sites for hydroxylation is 2. The molecule has 0 aliphatic heterocycles. The Hall–Kier alpha value is -2.40. The number of benzene rings is 1. The van der Waals surface area contributed by atoms with Crippen molar-refractivity contribution in [1.29, 1.82) is 0 Å². The summed E-state index contributed by atoms with van der Waals surface area (Å²) in [5.41, 5.74) is 3.95. The van der Waals surface area contributed by atoms with Gasteiger partial charge >= 0.3 is 0 Å². The molecular weight excluding hydrogens is 290 g/mol. The van der Waals surface area contributed by atoms with E-state index in [0.29, 0.717) is 24.5 Å². The van der Waals surface area contributed by atoms with Crippen molar-refractivity contribution in [3.8, 4) is 0 Å². The summed E-state index contributed by atoms with van der Waals surface area (Å²) in [7, 11) is 1.65. The number of methoxy groups -OCH3 is 1. The number of nitrogens with zero attached hydrogens (tertiary/aromatic N) is 1. The smallest absolute Gasteiger partial charge is 0.252 e. The Morgan fingerprint density at radius 1 is 1.22 bits per heavy atom. The zero-order valence-electron chi connectivity index (χ0n) is 13.8. The van der Waals surface area contributed by atoms with Crippen LogP contribution in [0.1, 0.15) is 27.9 Å².